The van der Waals surface area contributed by atoms with E-state index in [1.807, 2.05) is 26.2 Å². The summed E-state index contributed by atoms with van der Waals surface area (Å²) < 4.78 is 0. The summed E-state index contributed by atoms with van der Waals surface area (Å²) in [6.45, 7) is 8.27. The van der Waals surface area contributed by atoms with E-state index in [2.05, 4.69) is 35.1 Å². The molecular formula is C11H17N3. The van der Waals surface area contributed by atoms with Crippen molar-refractivity contribution in [3.05, 3.63) is 24.2 Å². The number of fused-ring (bicyclic) bond motifs is 1. The van der Waals surface area contributed by atoms with Gasteiger partial charge in [0, 0.05) is 11.1 Å². The number of hydrogen-bond donors (Lipinski definition) is 1. The Kier molecular flexibility index (Phi) is 3.63. The van der Waals surface area contributed by atoms with Crippen LogP contribution in [-0.2, 0) is 0 Å². The molecule has 0 saturated carbocycles. The van der Waals surface area contributed by atoms with Crippen molar-refractivity contribution in [3.8, 4) is 0 Å². The smallest absolute Gasteiger partial charge is 0.0833 e. The summed E-state index contributed by atoms with van der Waals surface area (Å²) in [5.74, 6) is 0.476. The minimum atomic E-state index is 0.476. The van der Waals surface area contributed by atoms with E-state index in [4.69, 9.17) is 0 Å². The number of H-pyrrole nitrogens is 1. The first-order chi connectivity index (χ1) is 6.77. The van der Waals surface area contributed by atoms with Gasteiger partial charge in [-0.3, -0.25) is 10.1 Å². The van der Waals surface area contributed by atoms with Gasteiger partial charge in [0.2, 0.25) is 0 Å². The Labute approximate surface area is 84.6 Å². The first-order valence-electron chi connectivity index (χ1n) is 5.06. The zero-order valence-electron chi connectivity index (χ0n) is 9.20. The van der Waals surface area contributed by atoms with E-state index in [-0.39, 0.29) is 0 Å². The maximum absolute atomic E-state index is 4.31. The van der Waals surface area contributed by atoms with E-state index in [1.165, 1.54) is 0 Å². The summed E-state index contributed by atoms with van der Waals surface area (Å²) in [7, 11) is 0. The van der Waals surface area contributed by atoms with Gasteiger partial charge in [0.05, 0.1) is 17.9 Å². The molecule has 0 radical (unpaired) electrons. The highest BCUT2D eigenvalue weighted by Crippen LogP contribution is 2.16. The molecule has 0 aliphatic carbocycles. The average molecular weight is 191 g/mol. The number of aromatic nitrogens is 3. The van der Waals surface area contributed by atoms with Crippen molar-refractivity contribution in [2.45, 2.75) is 33.6 Å². The van der Waals surface area contributed by atoms with Crippen LogP contribution in [0.4, 0.5) is 0 Å². The summed E-state index contributed by atoms with van der Waals surface area (Å²) in [6.07, 6.45) is 3.65. The lowest BCUT2D eigenvalue weighted by Gasteiger charge is -2.02. The van der Waals surface area contributed by atoms with Gasteiger partial charge in [-0.15, -0.1) is 0 Å². The summed E-state index contributed by atoms with van der Waals surface area (Å²) in [4.78, 5) is 4.31. The van der Waals surface area contributed by atoms with E-state index in [1.54, 1.807) is 0 Å². The molecule has 14 heavy (non-hydrogen) atoms. The molecule has 76 valence electrons. The molecule has 0 bridgehead atoms. The molecule has 2 rings (SSSR count). The predicted molar refractivity (Wildman–Crippen MR) is 59.3 cm³/mol. The SMILES string of the molecule is CC.CC(C)c1cc2cn[nH]c2cn1. The van der Waals surface area contributed by atoms with Crippen LogP contribution in [0.2, 0.25) is 0 Å². The number of hydrogen-bond acceptors (Lipinski definition) is 2. The van der Waals surface area contributed by atoms with Crippen LogP contribution in [0.5, 0.6) is 0 Å². The van der Waals surface area contributed by atoms with Gasteiger partial charge in [0.25, 0.3) is 0 Å². The summed E-state index contributed by atoms with van der Waals surface area (Å²) >= 11 is 0. The highest BCUT2D eigenvalue weighted by Gasteiger charge is 2.02. The van der Waals surface area contributed by atoms with E-state index in [9.17, 15) is 0 Å². The molecule has 2 aromatic heterocycles. The van der Waals surface area contributed by atoms with Gasteiger partial charge in [0.1, 0.15) is 0 Å². The van der Waals surface area contributed by atoms with Crippen molar-refractivity contribution in [1.29, 1.82) is 0 Å². The second kappa shape index (κ2) is 4.74. The van der Waals surface area contributed by atoms with Crippen molar-refractivity contribution in [2.24, 2.45) is 0 Å². The lowest BCUT2D eigenvalue weighted by Crippen LogP contribution is -1.90. The minimum absolute atomic E-state index is 0.476. The number of pyridine rings is 1. The minimum Gasteiger partial charge on any atom is -0.276 e. The van der Waals surface area contributed by atoms with E-state index >= 15 is 0 Å². The normalized spacial score (nSPS) is 10.1. The monoisotopic (exact) mass is 191 g/mol. The van der Waals surface area contributed by atoms with Gasteiger partial charge in [-0.2, -0.15) is 5.10 Å². The zero-order valence-corrected chi connectivity index (χ0v) is 9.20. The lowest BCUT2D eigenvalue weighted by molar-refractivity contribution is 0.826. The molecule has 3 heteroatoms. The van der Waals surface area contributed by atoms with Crippen LogP contribution in [0.1, 0.15) is 39.3 Å². The first kappa shape index (κ1) is 10.7. The van der Waals surface area contributed by atoms with Crippen LogP contribution in [-0.4, -0.2) is 15.2 Å². The van der Waals surface area contributed by atoms with Gasteiger partial charge in [-0.05, 0) is 12.0 Å². The van der Waals surface area contributed by atoms with Crippen molar-refractivity contribution < 1.29 is 0 Å². The lowest BCUT2D eigenvalue weighted by atomic mass is 10.1. The standard InChI is InChI=1S/C9H11N3.C2H6/c1-6(2)8-3-7-4-11-12-9(7)5-10-8;1-2/h3-6H,1-2H3,(H,11,12);1-2H3. The Balaban J connectivity index is 0.000000461. The maximum atomic E-state index is 4.31. The van der Waals surface area contributed by atoms with Crippen molar-refractivity contribution in [1.82, 2.24) is 15.2 Å². The Hall–Kier alpha value is -1.38. The third-order valence-electron chi connectivity index (χ3n) is 1.94. The van der Waals surface area contributed by atoms with Crippen molar-refractivity contribution >= 4 is 10.9 Å². The van der Waals surface area contributed by atoms with E-state index < -0.39 is 0 Å². The third-order valence-corrected chi connectivity index (χ3v) is 1.94. The van der Waals surface area contributed by atoms with Gasteiger partial charge in [0.15, 0.2) is 0 Å². The van der Waals surface area contributed by atoms with Crippen LogP contribution in [0, 0.1) is 0 Å². The topological polar surface area (TPSA) is 41.6 Å². The van der Waals surface area contributed by atoms with Crippen LogP contribution in [0.3, 0.4) is 0 Å². The van der Waals surface area contributed by atoms with Crippen molar-refractivity contribution in [3.63, 3.8) is 0 Å². The Morgan fingerprint density at radius 2 is 1.93 bits per heavy atom. The fourth-order valence-corrected chi connectivity index (χ4v) is 1.18. The molecule has 0 aromatic carbocycles. The quantitative estimate of drug-likeness (QED) is 0.752. The molecule has 0 aliphatic heterocycles. The average Bonchev–Trinajstić information content (AvgIpc) is 2.67. The Bertz CT molecular complexity index is 390. The molecular weight excluding hydrogens is 174 g/mol. The second-order valence-corrected chi connectivity index (χ2v) is 3.22. The number of nitrogens with zero attached hydrogens (tertiary/aromatic N) is 2. The number of aromatic amines is 1. The largest absolute Gasteiger partial charge is 0.276 e. The van der Waals surface area contributed by atoms with Gasteiger partial charge < -0.3 is 0 Å². The molecule has 0 amide bonds. The van der Waals surface area contributed by atoms with Crippen LogP contribution in [0.15, 0.2) is 18.5 Å². The fraction of sp³-hybridized carbons (Fsp3) is 0.455. The van der Waals surface area contributed by atoms with Gasteiger partial charge in [-0.1, -0.05) is 27.7 Å². The zero-order chi connectivity index (χ0) is 10.6. The molecule has 0 atom stereocenters. The summed E-state index contributed by atoms with van der Waals surface area (Å²) in [6, 6.07) is 2.07. The van der Waals surface area contributed by atoms with E-state index in [0.717, 1.165) is 16.6 Å². The number of rotatable bonds is 1. The Morgan fingerprint density at radius 1 is 1.21 bits per heavy atom. The molecule has 2 heterocycles. The highest BCUT2D eigenvalue weighted by atomic mass is 15.1. The molecule has 0 unspecified atom stereocenters. The third kappa shape index (κ3) is 2.10. The molecule has 1 N–H and O–H groups in total. The predicted octanol–water partition coefficient (Wildman–Crippen LogP) is 3.11. The fourth-order valence-electron chi connectivity index (χ4n) is 1.18. The molecule has 0 spiro atoms. The summed E-state index contributed by atoms with van der Waals surface area (Å²) in [5, 5.41) is 7.94. The molecule has 0 fully saturated rings. The number of nitrogens with one attached hydrogen (secondary N) is 1. The molecule has 0 saturated heterocycles. The highest BCUT2D eigenvalue weighted by molar-refractivity contribution is 5.77. The van der Waals surface area contributed by atoms with Crippen LogP contribution in [0.25, 0.3) is 10.9 Å². The molecule has 0 aliphatic rings. The maximum Gasteiger partial charge on any atom is 0.0833 e. The van der Waals surface area contributed by atoms with Gasteiger partial charge >= 0.3 is 0 Å². The van der Waals surface area contributed by atoms with Crippen LogP contribution < -0.4 is 0 Å². The molecule has 3 nitrogen and oxygen atoms in total. The van der Waals surface area contributed by atoms with E-state index in [0.29, 0.717) is 5.92 Å². The molecule has 2 aromatic rings. The van der Waals surface area contributed by atoms with Crippen LogP contribution >= 0.6 is 0 Å². The second-order valence-electron chi connectivity index (χ2n) is 3.22. The first-order valence-corrected chi connectivity index (χ1v) is 5.06. The Morgan fingerprint density at radius 3 is 2.57 bits per heavy atom. The van der Waals surface area contributed by atoms with Crippen molar-refractivity contribution in [2.75, 3.05) is 0 Å². The summed E-state index contributed by atoms with van der Waals surface area (Å²) in [5.41, 5.74) is 2.11. The van der Waals surface area contributed by atoms with Gasteiger partial charge in [-0.25, -0.2) is 0 Å².